The van der Waals surface area contributed by atoms with Crippen LogP contribution in [0.3, 0.4) is 0 Å². The number of rotatable bonds is 5. The molecule has 0 aliphatic rings. The summed E-state index contributed by atoms with van der Waals surface area (Å²) in [5.74, 6) is 1.30. The van der Waals surface area contributed by atoms with Crippen molar-refractivity contribution in [3.63, 3.8) is 0 Å². The summed E-state index contributed by atoms with van der Waals surface area (Å²) in [6.45, 7) is 9.98. The van der Waals surface area contributed by atoms with Crippen molar-refractivity contribution in [3.05, 3.63) is 21.3 Å². The third-order valence-electron chi connectivity index (χ3n) is 2.90. The molecule has 1 heterocycles. The summed E-state index contributed by atoms with van der Waals surface area (Å²) < 4.78 is 0.879. The van der Waals surface area contributed by atoms with Crippen LogP contribution in [0, 0.1) is 11.8 Å². The summed E-state index contributed by atoms with van der Waals surface area (Å²) in [4.78, 5) is 1.35. The van der Waals surface area contributed by atoms with E-state index in [0.29, 0.717) is 17.9 Å². The van der Waals surface area contributed by atoms with Crippen molar-refractivity contribution in [2.45, 2.75) is 33.7 Å². The Labute approximate surface area is 102 Å². The van der Waals surface area contributed by atoms with Crippen LogP contribution in [0.1, 0.15) is 38.6 Å². The maximum atomic E-state index is 5.98. The molecule has 0 amide bonds. The fraction of sp³-hybridized carbons (Fsp3) is 0.667. The zero-order valence-electron chi connectivity index (χ0n) is 9.88. The Kier molecular flexibility index (Phi) is 5.10. The van der Waals surface area contributed by atoms with Crippen LogP contribution in [-0.4, -0.2) is 6.54 Å². The molecule has 0 aliphatic heterocycles. The molecule has 2 atom stereocenters. The molecular weight excluding hydrogens is 226 g/mol. The fourth-order valence-electron chi connectivity index (χ4n) is 1.65. The van der Waals surface area contributed by atoms with Crippen LogP contribution in [0.4, 0.5) is 0 Å². The van der Waals surface area contributed by atoms with Crippen LogP contribution in [0.5, 0.6) is 0 Å². The van der Waals surface area contributed by atoms with Crippen LogP contribution >= 0.6 is 22.9 Å². The number of nitrogens with one attached hydrogen (secondary N) is 1. The minimum atomic E-state index is 0.437. The highest BCUT2D eigenvalue weighted by atomic mass is 35.5. The van der Waals surface area contributed by atoms with Crippen LogP contribution in [0.25, 0.3) is 0 Å². The second kappa shape index (κ2) is 5.88. The molecule has 3 heteroatoms. The van der Waals surface area contributed by atoms with Gasteiger partial charge < -0.3 is 5.32 Å². The lowest BCUT2D eigenvalue weighted by molar-refractivity contribution is 0.311. The lowest BCUT2D eigenvalue weighted by atomic mass is 9.89. The number of hydrogen-bond donors (Lipinski definition) is 1. The molecule has 0 aromatic carbocycles. The molecule has 1 nitrogen and oxygen atoms in total. The minimum absolute atomic E-state index is 0.437. The van der Waals surface area contributed by atoms with Crippen LogP contribution in [-0.2, 0) is 0 Å². The quantitative estimate of drug-likeness (QED) is 0.814. The lowest BCUT2D eigenvalue weighted by Gasteiger charge is -2.26. The zero-order chi connectivity index (χ0) is 11.4. The van der Waals surface area contributed by atoms with E-state index in [-0.39, 0.29) is 0 Å². The second-order valence-corrected chi connectivity index (χ2v) is 6.03. The first kappa shape index (κ1) is 13.0. The minimum Gasteiger partial charge on any atom is -0.309 e. The second-order valence-electron chi connectivity index (χ2n) is 4.28. The first-order chi connectivity index (χ1) is 7.06. The summed E-state index contributed by atoms with van der Waals surface area (Å²) in [7, 11) is 0. The van der Waals surface area contributed by atoms with Crippen molar-refractivity contribution in [2.24, 2.45) is 11.8 Å². The molecule has 0 bridgehead atoms. The van der Waals surface area contributed by atoms with E-state index in [1.165, 1.54) is 4.88 Å². The van der Waals surface area contributed by atoms with Gasteiger partial charge in [0.05, 0.1) is 4.34 Å². The maximum absolute atomic E-state index is 5.98. The van der Waals surface area contributed by atoms with Crippen molar-refractivity contribution >= 4 is 22.9 Å². The molecule has 0 fully saturated rings. The van der Waals surface area contributed by atoms with Gasteiger partial charge in [-0.05, 0) is 30.5 Å². The Morgan fingerprint density at radius 1 is 1.33 bits per heavy atom. The topological polar surface area (TPSA) is 12.0 Å². The van der Waals surface area contributed by atoms with Crippen LogP contribution < -0.4 is 5.32 Å². The molecule has 0 aliphatic carbocycles. The Hall–Kier alpha value is -0.0500. The van der Waals surface area contributed by atoms with Gasteiger partial charge in [-0.15, -0.1) is 11.3 Å². The Bertz CT molecular complexity index is 296. The van der Waals surface area contributed by atoms with E-state index >= 15 is 0 Å². The van der Waals surface area contributed by atoms with Gasteiger partial charge >= 0.3 is 0 Å². The third kappa shape index (κ3) is 3.47. The van der Waals surface area contributed by atoms with Gasteiger partial charge in [-0.3, -0.25) is 0 Å². The smallest absolute Gasteiger partial charge is 0.0931 e. The molecule has 0 saturated carbocycles. The summed E-state index contributed by atoms with van der Waals surface area (Å²) in [6.07, 6.45) is 0. The largest absolute Gasteiger partial charge is 0.309 e. The number of thiophene rings is 1. The molecule has 1 N–H and O–H groups in total. The SMILES string of the molecule is CCNC(c1ccc(Cl)s1)C(C)C(C)C. The lowest BCUT2D eigenvalue weighted by Crippen LogP contribution is -2.28. The fourth-order valence-corrected chi connectivity index (χ4v) is 2.90. The molecule has 2 unspecified atom stereocenters. The highest BCUT2D eigenvalue weighted by molar-refractivity contribution is 7.16. The van der Waals surface area contributed by atoms with Gasteiger partial charge in [0.15, 0.2) is 0 Å². The highest BCUT2D eigenvalue weighted by Gasteiger charge is 2.22. The number of halogens is 1. The first-order valence-corrected chi connectivity index (χ1v) is 6.74. The van der Waals surface area contributed by atoms with Gasteiger partial charge in [-0.25, -0.2) is 0 Å². The van der Waals surface area contributed by atoms with Gasteiger partial charge in [0.2, 0.25) is 0 Å². The highest BCUT2D eigenvalue weighted by Crippen LogP contribution is 2.33. The standard InChI is InChI=1S/C12H20ClNS/c1-5-14-12(9(4)8(2)3)10-6-7-11(13)15-10/h6-9,12,14H,5H2,1-4H3. The molecule has 86 valence electrons. The predicted molar refractivity (Wildman–Crippen MR) is 69.7 cm³/mol. The molecule has 1 aromatic heterocycles. The number of hydrogen-bond acceptors (Lipinski definition) is 2. The van der Waals surface area contributed by atoms with Gasteiger partial charge in [-0.2, -0.15) is 0 Å². The molecule has 1 rings (SSSR count). The Balaban J connectivity index is 2.82. The maximum Gasteiger partial charge on any atom is 0.0931 e. The van der Waals surface area contributed by atoms with Crippen molar-refractivity contribution in [1.82, 2.24) is 5.32 Å². The van der Waals surface area contributed by atoms with Crippen LogP contribution in [0.15, 0.2) is 12.1 Å². The molecule has 0 saturated heterocycles. The Morgan fingerprint density at radius 3 is 2.40 bits per heavy atom. The van der Waals surface area contributed by atoms with Gasteiger partial charge in [0.25, 0.3) is 0 Å². The molecule has 0 radical (unpaired) electrons. The van der Waals surface area contributed by atoms with Crippen molar-refractivity contribution in [1.29, 1.82) is 0 Å². The van der Waals surface area contributed by atoms with Gasteiger partial charge in [0, 0.05) is 10.9 Å². The summed E-state index contributed by atoms with van der Waals surface area (Å²) in [5, 5.41) is 3.55. The van der Waals surface area contributed by atoms with Gasteiger partial charge in [0.1, 0.15) is 0 Å². The van der Waals surface area contributed by atoms with E-state index in [1.54, 1.807) is 11.3 Å². The van der Waals surface area contributed by atoms with E-state index in [2.05, 4.69) is 39.1 Å². The summed E-state index contributed by atoms with van der Waals surface area (Å²) in [5.41, 5.74) is 0. The van der Waals surface area contributed by atoms with E-state index in [0.717, 1.165) is 10.9 Å². The first-order valence-electron chi connectivity index (χ1n) is 5.54. The van der Waals surface area contributed by atoms with E-state index in [4.69, 9.17) is 11.6 Å². The molecule has 1 aromatic rings. The molecule has 0 spiro atoms. The summed E-state index contributed by atoms with van der Waals surface area (Å²) >= 11 is 7.66. The molecular formula is C12H20ClNS. The predicted octanol–water partition coefficient (Wildman–Crippen LogP) is 4.34. The monoisotopic (exact) mass is 245 g/mol. The average molecular weight is 246 g/mol. The zero-order valence-corrected chi connectivity index (χ0v) is 11.5. The summed E-state index contributed by atoms with van der Waals surface area (Å²) in [6, 6.07) is 4.56. The normalized spacial score (nSPS) is 15.6. The van der Waals surface area contributed by atoms with Crippen molar-refractivity contribution < 1.29 is 0 Å². The van der Waals surface area contributed by atoms with Crippen molar-refractivity contribution in [2.75, 3.05) is 6.54 Å². The molecule has 15 heavy (non-hydrogen) atoms. The third-order valence-corrected chi connectivity index (χ3v) is 4.22. The van der Waals surface area contributed by atoms with Gasteiger partial charge in [-0.1, -0.05) is 39.3 Å². The van der Waals surface area contributed by atoms with E-state index in [1.807, 2.05) is 6.07 Å². The van der Waals surface area contributed by atoms with Crippen LogP contribution in [0.2, 0.25) is 4.34 Å². The Morgan fingerprint density at radius 2 is 2.00 bits per heavy atom. The van der Waals surface area contributed by atoms with E-state index < -0.39 is 0 Å². The average Bonchev–Trinajstić information content (AvgIpc) is 2.60. The van der Waals surface area contributed by atoms with Crippen molar-refractivity contribution in [3.8, 4) is 0 Å². The van der Waals surface area contributed by atoms with E-state index in [9.17, 15) is 0 Å².